The zero-order valence-corrected chi connectivity index (χ0v) is 13.4. The Bertz CT molecular complexity index is 686. The number of sulfonamides is 1. The van der Waals surface area contributed by atoms with Crippen molar-refractivity contribution >= 4 is 21.6 Å². The monoisotopic (exact) mass is 323 g/mol. The number of nitrogens with one attached hydrogen (secondary N) is 1. The molecule has 2 aromatic carbocycles. The van der Waals surface area contributed by atoms with Crippen molar-refractivity contribution in [3.8, 4) is 0 Å². The third kappa shape index (κ3) is 5.16. The molecule has 1 atom stereocenters. The van der Waals surface area contributed by atoms with Crippen LogP contribution in [-0.2, 0) is 15.8 Å². The number of hydrogen-bond acceptors (Lipinski definition) is 2. The van der Waals surface area contributed by atoms with E-state index in [1.807, 2.05) is 37.3 Å². The Morgan fingerprint density at radius 1 is 1.10 bits per heavy atom. The van der Waals surface area contributed by atoms with Crippen molar-refractivity contribution in [1.82, 2.24) is 4.72 Å². The van der Waals surface area contributed by atoms with Crippen LogP contribution in [0.4, 0.5) is 0 Å². The molecule has 1 N–H and O–H groups in total. The molecule has 112 valence electrons. The molecule has 0 saturated heterocycles. The van der Waals surface area contributed by atoms with Crippen molar-refractivity contribution in [1.29, 1.82) is 0 Å². The van der Waals surface area contributed by atoms with E-state index in [4.69, 9.17) is 11.6 Å². The Morgan fingerprint density at radius 3 is 2.48 bits per heavy atom. The lowest BCUT2D eigenvalue weighted by Crippen LogP contribution is -2.28. The van der Waals surface area contributed by atoms with E-state index in [9.17, 15) is 8.42 Å². The van der Waals surface area contributed by atoms with E-state index >= 15 is 0 Å². The normalized spacial score (nSPS) is 13.0. The molecule has 0 aliphatic rings. The molecule has 5 heteroatoms. The van der Waals surface area contributed by atoms with E-state index in [0.29, 0.717) is 17.1 Å². The molecule has 0 saturated carbocycles. The van der Waals surface area contributed by atoms with Crippen LogP contribution in [0.25, 0.3) is 0 Å². The summed E-state index contributed by atoms with van der Waals surface area (Å²) in [5, 5.41) is 0.542. The van der Waals surface area contributed by atoms with Gasteiger partial charge in [-0.05, 0) is 29.2 Å². The highest BCUT2D eigenvalue weighted by molar-refractivity contribution is 7.88. The Balaban J connectivity index is 1.95. The van der Waals surface area contributed by atoms with Gasteiger partial charge in [-0.15, -0.1) is 0 Å². The molecule has 0 unspecified atom stereocenters. The summed E-state index contributed by atoms with van der Waals surface area (Å²) in [6, 6.07) is 16.7. The average Bonchev–Trinajstić information content (AvgIpc) is 2.45. The lowest BCUT2D eigenvalue weighted by atomic mass is 10.0. The molecular formula is C16H18ClNO2S. The molecule has 0 radical (unpaired) electrons. The zero-order chi connectivity index (χ0) is 15.3. The van der Waals surface area contributed by atoms with Crippen LogP contribution in [0.2, 0.25) is 5.02 Å². The molecule has 3 nitrogen and oxygen atoms in total. The van der Waals surface area contributed by atoms with E-state index in [1.54, 1.807) is 24.3 Å². The van der Waals surface area contributed by atoms with Gasteiger partial charge in [0, 0.05) is 11.6 Å². The molecule has 0 aliphatic carbocycles. The summed E-state index contributed by atoms with van der Waals surface area (Å²) in [5.74, 6) is 0.0649. The van der Waals surface area contributed by atoms with Gasteiger partial charge in [-0.3, -0.25) is 0 Å². The first-order chi connectivity index (χ1) is 9.96. The first-order valence-corrected chi connectivity index (χ1v) is 8.76. The second-order valence-electron chi connectivity index (χ2n) is 5.05. The molecule has 0 aliphatic heterocycles. The van der Waals surface area contributed by atoms with Gasteiger partial charge in [-0.2, -0.15) is 0 Å². The van der Waals surface area contributed by atoms with Crippen LogP contribution < -0.4 is 4.72 Å². The van der Waals surface area contributed by atoms with Crippen molar-refractivity contribution in [2.24, 2.45) is 0 Å². The van der Waals surface area contributed by atoms with Gasteiger partial charge in [0.15, 0.2) is 0 Å². The smallest absolute Gasteiger partial charge is 0.214 e. The summed E-state index contributed by atoms with van der Waals surface area (Å²) >= 11 is 5.87. The second kappa shape index (κ2) is 7.07. The number of benzene rings is 2. The van der Waals surface area contributed by atoms with E-state index in [-0.39, 0.29) is 11.7 Å². The van der Waals surface area contributed by atoms with Gasteiger partial charge in [0.2, 0.25) is 10.0 Å². The Labute approximate surface area is 131 Å². The lowest BCUT2D eigenvalue weighted by Gasteiger charge is -2.13. The molecule has 0 amide bonds. The largest absolute Gasteiger partial charge is 0.215 e. The highest BCUT2D eigenvalue weighted by Crippen LogP contribution is 2.15. The minimum atomic E-state index is -3.36. The van der Waals surface area contributed by atoms with Crippen molar-refractivity contribution in [2.75, 3.05) is 6.54 Å². The Kier molecular flexibility index (Phi) is 5.39. The molecule has 21 heavy (non-hydrogen) atoms. The average molecular weight is 324 g/mol. The van der Waals surface area contributed by atoms with Gasteiger partial charge < -0.3 is 0 Å². The van der Waals surface area contributed by atoms with Crippen molar-refractivity contribution < 1.29 is 8.42 Å². The second-order valence-corrected chi connectivity index (χ2v) is 7.29. The van der Waals surface area contributed by atoms with Crippen molar-refractivity contribution in [2.45, 2.75) is 18.6 Å². The summed E-state index contributed by atoms with van der Waals surface area (Å²) < 4.78 is 26.8. The molecule has 0 heterocycles. The SMILES string of the molecule is C[C@H](CNS(=O)(=O)Cc1cccc(Cl)c1)c1ccccc1. The Hall–Kier alpha value is -1.36. The summed E-state index contributed by atoms with van der Waals surface area (Å²) in [6.45, 7) is 2.38. The molecule has 2 rings (SSSR count). The van der Waals surface area contributed by atoms with Crippen molar-refractivity contribution in [3.63, 3.8) is 0 Å². The van der Waals surface area contributed by atoms with Crippen LogP contribution >= 0.6 is 11.6 Å². The van der Waals surface area contributed by atoms with Gasteiger partial charge in [0.05, 0.1) is 5.75 Å². The standard InChI is InChI=1S/C16H18ClNO2S/c1-13(15-7-3-2-4-8-15)11-18-21(19,20)12-14-6-5-9-16(17)10-14/h2-10,13,18H,11-12H2,1H3/t13-/m1/s1. The number of rotatable bonds is 6. The molecular weight excluding hydrogens is 306 g/mol. The summed E-state index contributed by atoms with van der Waals surface area (Å²) in [7, 11) is -3.36. The van der Waals surface area contributed by atoms with Gasteiger partial charge in [-0.1, -0.05) is 61.0 Å². The van der Waals surface area contributed by atoms with E-state index in [2.05, 4.69) is 4.72 Å². The Morgan fingerprint density at radius 2 is 1.81 bits per heavy atom. The van der Waals surface area contributed by atoms with Crippen molar-refractivity contribution in [3.05, 3.63) is 70.7 Å². The maximum absolute atomic E-state index is 12.1. The van der Waals surface area contributed by atoms with Crippen LogP contribution in [0.15, 0.2) is 54.6 Å². The van der Waals surface area contributed by atoms with Crippen LogP contribution in [0.5, 0.6) is 0 Å². The van der Waals surface area contributed by atoms with Gasteiger partial charge >= 0.3 is 0 Å². The minimum absolute atomic E-state index is 0.0604. The number of halogens is 1. The van der Waals surface area contributed by atoms with Crippen LogP contribution in [0.1, 0.15) is 24.0 Å². The van der Waals surface area contributed by atoms with Gasteiger partial charge in [0.25, 0.3) is 0 Å². The van der Waals surface area contributed by atoms with E-state index in [1.165, 1.54) is 0 Å². The fraction of sp³-hybridized carbons (Fsp3) is 0.250. The van der Waals surface area contributed by atoms with Gasteiger partial charge in [0.1, 0.15) is 0 Å². The topological polar surface area (TPSA) is 46.2 Å². The quantitative estimate of drug-likeness (QED) is 0.883. The predicted octanol–water partition coefficient (Wildman–Crippen LogP) is 3.56. The third-order valence-electron chi connectivity index (χ3n) is 3.22. The fourth-order valence-corrected chi connectivity index (χ4v) is 3.49. The van der Waals surface area contributed by atoms with E-state index in [0.717, 1.165) is 5.56 Å². The molecule has 0 aromatic heterocycles. The highest BCUT2D eigenvalue weighted by atomic mass is 35.5. The third-order valence-corrected chi connectivity index (χ3v) is 4.78. The molecule has 0 spiro atoms. The van der Waals surface area contributed by atoms with Gasteiger partial charge in [-0.25, -0.2) is 13.1 Å². The minimum Gasteiger partial charge on any atom is -0.214 e. The lowest BCUT2D eigenvalue weighted by molar-refractivity contribution is 0.574. The first kappa shape index (κ1) is 16.0. The summed E-state index contributed by atoms with van der Waals surface area (Å²) in [6.07, 6.45) is 0. The van der Waals surface area contributed by atoms with Crippen LogP contribution in [0, 0.1) is 0 Å². The first-order valence-electron chi connectivity index (χ1n) is 6.73. The number of hydrogen-bond donors (Lipinski definition) is 1. The molecule has 0 bridgehead atoms. The maximum atomic E-state index is 12.1. The maximum Gasteiger partial charge on any atom is 0.215 e. The summed E-state index contributed by atoms with van der Waals surface area (Å²) in [5.41, 5.74) is 1.80. The fourth-order valence-electron chi connectivity index (χ4n) is 2.05. The predicted molar refractivity (Wildman–Crippen MR) is 86.9 cm³/mol. The van der Waals surface area contributed by atoms with Crippen LogP contribution in [0.3, 0.4) is 0 Å². The molecule has 2 aromatic rings. The molecule has 0 fully saturated rings. The zero-order valence-electron chi connectivity index (χ0n) is 11.8. The highest BCUT2D eigenvalue weighted by Gasteiger charge is 2.14. The summed E-state index contributed by atoms with van der Waals surface area (Å²) in [4.78, 5) is 0. The van der Waals surface area contributed by atoms with E-state index < -0.39 is 10.0 Å². The van der Waals surface area contributed by atoms with Crippen LogP contribution in [-0.4, -0.2) is 15.0 Å².